The molecule has 1 saturated carbocycles. The lowest BCUT2D eigenvalue weighted by Gasteiger charge is -2.08. The summed E-state index contributed by atoms with van der Waals surface area (Å²) in [7, 11) is 0. The van der Waals surface area contributed by atoms with Gasteiger partial charge >= 0.3 is 5.97 Å². The molecule has 4 heteroatoms. The first kappa shape index (κ1) is 10.5. The van der Waals surface area contributed by atoms with E-state index in [4.69, 9.17) is 9.84 Å². The number of hydrogen-bond acceptors (Lipinski definition) is 2. The molecule has 0 unspecified atom stereocenters. The van der Waals surface area contributed by atoms with Gasteiger partial charge in [0.2, 0.25) is 0 Å². The van der Waals surface area contributed by atoms with E-state index in [-0.39, 0.29) is 5.56 Å². The molecule has 15 heavy (non-hydrogen) atoms. The summed E-state index contributed by atoms with van der Waals surface area (Å²) in [6.45, 7) is 0.622. The monoisotopic (exact) mass is 270 g/mol. The van der Waals surface area contributed by atoms with Crippen LogP contribution in [0.5, 0.6) is 5.75 Å². The van der Waals surface area contributed by atoms with Crippen LogP contribution in [-0.4, -0.2) is 17.7 Å². The Kier molecular flexibility index (Phi) is 2.95. The summed E-state index contributed by atoms with van der Waals surface area (Å²) in [5, 5.41) is 8.94. The van der Waals surface area contributed by atoms with E-state index < -0.39 is 5.97 Å². The first-order valence-corrected chi connectivity index (χ1v) is 5.62. The number of carboxylic acids is 1. The van der Waals surface area contributed by atoms with Gasteiger partial charge in [-0.25, -0.2) is 4.79 Å². The van der Waals surface area contributed by atoms with E-state index in [1.165, 1.54) is 12.8 Å². The van der Waals surface area contributed by atoms with E-state index in [1.807, 2.05) is 0 Å². The van der Waals surface area contributed by atoms with Crippen LogP contribution in [0, 0.1) is 5.92 Å². The molecule has 0 aromatic heterocycles. The summed E-state index contributed by atoms with van der Waals surface area (Å²) in [5.74, 6) is 0.114. The summed E-state index contributed by atoms with van der Waals surface area (Å²) < 4.78 is 6.32. The molecule has 1 aliphatic carbocycles. The van der Waals surface area contributed by atoms with Crippen LogP contribution in [0.4, 0.5) is 0 Å². The Balaban J connectivity index is 2.16. The van der Waals surface area contributed by atoms with E-state index >= 15 is 0 Å². The number of halogens is 1. The Hall–Kier alpha value is -1.03. The Morgan fingerprint density at radius 2 is 2.27 bits per heavy atom. The predicted octanol–water partition coefficient (Wildman–Crippen LogP) is 2.94. The number of carbonyl (C=O) groups is 1. The van der Waals surface area contributed by atoms with Crippen molar-refractivity contribution in [1.29, 1.82) is 0 Å². The third-order valence-corrected chi connectivity index (χ3v) is 2.84. The van der Waals surface area contributed by atoms with Crippen molar-refractivity contribution in [3.8, 4) is 5.75 Å². The molecule has 1 aromatic rings. The van der Waals surface area contributed by atoms with Crippen molar-refractivity contribution < 1.29 is 14.6 Å². The predicted molar refractivity (Wildman–Crippen MR) is 59.3 cm³/mol. The number of carboxylic acid groups (broad SMARTS) is 1. The van der Waals surface area contributed by atoms with Crippen molar-refractivity contribution in [1.82, 2.24) is 0 Å². The van der Waals surface area contributed by atoms with E-state index in [9.17, 15) is 4.79 Å². The first-order valence-electron chi connectivity index (χ1n) is 4.82. The molecule has 1 aliphatic rings. The van der Waals surface area contributed by atoms with Crippen molar-refractivity contribution in [2.45, 2.75) is 12.8 Å². The minimum Gasteiger partial charge on any atom is -0.492 e. The Labute approximate surface area is 96.2 Å². The number of rotatable bonds is 4. The highest BCUT2D eigenvalue weighted by atomic mass is 79.9. The van der Waals surface area contributed by atoms with Crippen LogP contribution in [0.2, 0.25) is 0 Å². The van der Waals surface area contributed by atoms with E-state index in [0.717, 1.165) is 4.47 Å². The molecule has 0 amide bonds. The maximum atomic E-state index is 10.9. The molecular formula is C11H11BrO3. The van der Waals surface area contributed by atoms with E-state index in [2.05, 4.69) is 15.9 Å². The highest BCUT2D eigenvalue weighted by Crippen LogP contribution is 2.31. The second-order valence-corrected chi connectivity index (χ2v) is 4.62. The molecule has 0 radical (unpaired) electrons. The Bertz CT molecular complexity index is 385. The number of ether oxygens (including phenoxy) is 1. The fraction of sp³-hybridized carbons (Fsp3) is 0.364. The summed E-state index contributed by atoms with van der Waals surface area (Å²) >= 11 is 3.30. The third kappa shape index (κ3) is 2.72. The van der Waals surface area contributed by atoms with Crippen molar-refractivity contribution in [2.75, 3.05) is 6.61 Å². The van der Waals surface area contributed by atoms with Gasteiger partial charge in [-0.05, 0) is 37.0 Å². The van der Waals surface area contributed by atoms with Gasteiger partial charge in [-0.15, -0.1) is 0 Å². The van der Waals surface area contributed by atoms with Gasteiger partial charge in [-0.3, -0.25) is 0 Å². The van der Waals surface area contributed by atoms with Gasteiger partial charge in [-0.2, -0.15) is 0 Å². The number of hydrogen-bond donors (Lipinski definition) is 1. The number of benzene rings is 1. The topological polar surface area (TPSA) is 46.5 Å². The maximum absolute atomic E-state index is 10.9. The van der Waals surface area contributed by atoms with Crippen LogP contribution < -0.4 is 4.74 Å². The van der Waals surface area contributed by atoms with Gasteiger partial charge in [0, 0.05) is 4.47 Å². The van der Waals surface area contributed by atoms with Crippen molar-refractivity contribution in [2.24, 2.45) is 5.92 Å². The zero-order chi connectivity index (χ0) is 10.8. The van der Waals surface area contributed by atoms with Crippen molar-refractivity contribution in [3.63, 3.8) is 0 Å². The van der Waals surface area contributed by atoms with Gasteiger partial charge < -0.3 is 9.84 Å². The molecule has 0 bridgehead atoms. The van der Waals surface area contributed by atoms with Gasteiger partial charge in [-0.1, -0.05) is 15.9 Å². The molecule has 0 aliphatic heterocycles. The Morgan fingerprint density at radius 3 is 2.87 bits per heavy atom. The molecule has 3 nitrogen and oxygen atoms in total. The van der Waals surface area contributed by atoms with Crippen LogP contribution >= 0.6 is 15.9 Å². The average Bonchev–Trinajstić information content (AvgIpc) is 2.97. The van der Waals surface area contributed by atoms with Crippen LogP contribution in [0.1, 0.15) is 23.2 Å². The maximum Gasteiger partial charge on any atom is 0.339 e. The third-order valence-electron chi connectivity index (χ3n) is 2.35. The van der Waals surface area contributed by atoms with Crippen LogP contribution in [0.25, 0.3) is 0 Å². The van der Waals surface area contributed by atoms with E-state index in [1.54, 1.807) is 18.2 Å². The summed E-state index contributed by atoms with van der Waals surface area (Å²) in [5.41, 5.74) is 0.221. The average molecular weight is 271 g/mol. The molecule has 80 valence electrons. The van der Waals surface area contributed by atoms with Gasteiger partial charge in [0.1, 0.15) is 11.3 Å². The quantitative estimate of drug-likeness (QED) is 0.915. The lowest BCUT2D eigenvalue weighted by Crippen LogP contribution is -2.05. The largest absolute Gasteiger partial charge is 0.492 e. The van der Waals surface area contributed by atoms with Gasteiger partial charge in [0.25, 0.3) is 0 Å². The summed E-state index contributed by atoms with van der Waals surface area (Å²) in [6, 6.07) is 4.95. The minimum absolute atomic E-state index is 0.221. The highest BCUT2D eigenvalue weighted by molar-refractivity contribution is 9.10. The zero-order valence-electron chi connectivity index (χ0n) is 8.07. The lowest BCUT2D eigenvalue weighted by molar-refractivity contribution is 0.0692. The summed E-state index contributed by atoms with van der Waals surface area (Å²) in [6.07, 6.45) is 2.38. The van der Waals surface area contributed by atoms with Crippen molar-refractivity contribution >= 4 is 21.9 Å². The normalized spacial score (nSPS) is 15.0. The Morgan fingerprint density at radius 1 is 1.53 bits per heavy atom. The fourth-order valence-corrected chi connectivity index (χ4v) is 1.62. The molecule has 1 fully saturated rings. The van der Waals surface area contributed by atoms with Crippen LogP contribution in [-0.2, 0) is 0 Å². The highest BCUT2D eigenvalue weighted by Gasteiger charge is 2.23. The fourth-order valence-electron chi connectivity index (χ4n) is 1.28. The SMILES string of the molecule is O=C(O)c1ccc(Br)cc1OCC1CC1. The second-order valence-electron chi connectivity index (χ2n) is 3.70. The molecule has 0 heterocycles. The van der Waals surface area contributed by atoms with Gasteiger partial charge in [0.15, 0.2) is 0 Å². The molecule has 1 N–H and O–H groups in total. The first-order chi connectivity index (χ1) is 7.16. The minimum atomic E-state index is -0.951. The molecule has 2 rings (SSSR count). The molecule has 0 saturated heterocycles. The van der Waals surface area contributed by atoms with Crippen LogP contribution in [0.3, 0.4) is 0 Å². The van der Waals surface area contributed by atoms with Crippen molar-refractivity contribution in [3.05, 3.63) is 28.2 Å². The summed E-state index contributed by atoms with van der Waals surface area (Å²) in [4.78, 5) is 10.9. The zero-order valence-corrected chi connectivity index (χ0v) is 9.66. The standard InChI is InChI=1S/C11H11BrO3/c12-8-3-4-9(11(13)14)10(5-8)15-6-7-1-2-7/h3-5,7H,1-2,6H2,(H,13,14). The van der Waals surface area contributed by atoms with E-state index in [0.29, 0.717) is 18.3 Å². The molecule has 1 aromatic carbocycles. The smallest absolute Gasteiger partial charge is 0.339 e. The molecule has 0 spiro atoms. The number of aromatic carboxylic acids is 1. The molecular weight excluding hydrogens is 260 g/mol. The van der Waals surface area contributed by atoms with Gasteiger partial charge in [0.05, 0.1) is 6.61 Å². The second kappa shape index (κ2) is 4.23. The molecule has 0 atom stereocenters. The lowest BCUT2D eigenvalue weighted by atomic mass is 10.2. The van der Waals surface area contributed by atoms with Crippen LogP contribution in [0.15, 0.2) is 22.7 Å².